The number of H-pyrrole nitrogens is 2. The third-order valence-corrected chi connectivity index (χ3v) is 1.80. The molecular weight excluding hydrogens is 194 g/mol. The van der Waals surface area contributed by atoms with E-state index in [-0.39, 0.29) is 12.2 Å². The zero-order valence-electron chi connectivity index (χ0n) is 6.35. The van der Waals surface area contributed by atoms with Crippen LogP contribution in [0.5, 0.6) is 0 Å². The third kappa shape index (κ3) is 1.43. The van der Waals surface area contributed by atoms with Gasteiger partial charge in [0.2, 0.25) is 6.39 Å². The average molecular weight is 199 g/mol. The van der Waals surface area contributed by atoms with E-state index >= 15 is 0 Å². The van der Waals surface area contributed by atoms with E-state index in [2.05, 4.69) is 24.9 Å². The summed E-state index contributed by atoms with van der Waals surface area (Å²) in [7, 11) is 0. The molecule has 0 aliphatic carbocycles. The second kappa shape index (κ2) is 2.98. The maximum Gasteiger partial charge on any atom is 0.342 e. The lowest BCUT2D eigenvalue weighted by Gasteiger charge is -1.91. The van der Waals surface area contributed by atoms with Crippen molar-refractivity contribution in [1.29, 1.82) is 0 Å². The highest BCUT2D eigenvalue weighted by atomic mass is 32.1. The van der Waals surface area contributed by atoms with Crippen LogP contribution >= 0.6 is 12.2 Å². The van der Waals surface area contributed by atoms with E-state index in [9.17, 15) is 4.79 Å². The van der Waals surface area contributed by atoms with Crippen LogP contribution < -0.4 is 5.69 Å². The van der Waals surface area contributed by atoms with Crippen molar-refractivity contribution in [1.82, 2.24) is 24.9 Å². The number of hydrogen-bond acceptors (Lipinski definition) is 5. The highest BCUT2D eigenvalue weighted by molar-refractivity contribution is 7.71. The molecule has 8 heteroatoms. The predicted octanol–water partition coefficient (Wildman–Crippen LogP) is -0.335. The summed E-state index contributed by atoms with van der Waals surface area (Å²) in [5, 5.41) is 8.40. The molecule has 0 atom stereocenters. The summed E-state index contributed by atoms with van der Waals surface area (Å²) in [5.41, 5.74) is -0.324. The van der Waals surface area contributed by atoms with Gasteiger partial charge in [-0.2, -0.15) is 4.98 Å². The summed E-state index contributed by atoms with van der Waals surface area (Å²) in [4.78, 5) is 14.9. The van der Waals surface area contributed by atoms with E-state index < -0.39 is 0 Å². The van der Waals surface area contributed by atoms with E-state index in [0.717, 1.165) is 0 Å². The van der Waals surface area contributed by atoms with Gasteiger partial charge in [-0.05, 0) is 12.2 Å². The van der Waals surface area contributed by atoms with Crippen LogP contribution in [0.25, 0.3) is 0 Å². The Bertz CT molecular complexity index is 464. The van der Waals surface area contributed by atoms with E-state index in [1.807, 2.05) is 0 Å². The quantitative estimate of drug-likeness (QED) is 0.646. The van der Waals surface area contributed by atoms with Gasteiger partial charge in [0.25, 0.3) is 0 Å². The molecule has 2 rings (SSSR count). The van der Waals surface area contributed by atoms with Crippen molar-refractivity contribution in [2.45, 2.75) is 6.54 Å². The first-order chi connectivity index (χ1) is 6.27. The van der Waals surface area contributed by atoms with Gasteiger partial charge in [0.1, 0.15) is 0 Å². The third-order valence-electron chi connectivity index (χ3n) is 1.47. The Hall–Kier alpha value is -1.70. The first kappa shape index (κ1) is 7.92. The fraction of sp³-hybridized carbons (Fsp3) is 0.200. The minimum Gasteiger partial charge on any atom is -0.343 e. The van der Waals surface area contributed by atoms with Crippen LogP contribution in [-0.2, 0) is 6.54 Å². The topological polar surface area (TPSA) is 92.5 Å². The molecule has 2 heterocycles. The van der Waals surface area contributed by atoms with Crippen molar-refractivity contribution in [2.75, 3.05) is 0 Å². The summed E-state index contributed by atoms with van der Waals surface area (Å²) < 4.78 is 6.10. The number of nitrogens with zero attached hydrogens (tertiary/aromatic N) is 3. The van der Waals surface area contributed by atoms with Crippen LogP contribution in [-0.4, -0.2) is 24.9 Å². The molecule has 13 heavy (non-hydrogen) atoms. The minimum atomic E-state index is -0.324. The lowest BCUT2D eigenvalue weighted by molar-refractivity contribution is 0.407. The molecule has 2 aromatic heterocycles. The van der Waals surface area contributed by atoms with Gasteiger partial charge in [0.05, 0.1) is 6.54 Å². The first-order valence-corrected chi connectivity index (χ1v) is 3.81. The van der Waals surface area contributed by atoms with Crippen LogP contribution in [0.3, 0.4) is 0 Å². The van der Waals surface area contributed by atoms with Gasteiger partial charge in [0.15, 0.2) is 10.6 Å². The number of nitrogens with one attached hydrogen (secondary N) is 2. The maximum atomic E-state index is 11.1. The van der Waals surface area contributed by atoms with Gasteiger partial charge >= 0.3 is 5.69 Å². The van der Waals surface area contributed by atoms with Crippen LogP contribution in [0.4, 0.5) is 0 Å². The van der Waals surface area contributed by atoms with Gasteiger partial charge < -0.3 is 4.52 Å². The average Bonchev–Trinajstić information content (AvgIpc) is 2.70. The summed E-state index contributed by atoms with van der Waals surface area (Å²) in [6, 6.07) is 0. The Morgan fingerprint density at radius 1 is 1.62 bits per heavy atom. The highest BCUT2D eigenvalue weighted by Gasteiger charge is 2.04. The summed E-state index contributed by atoms with van der Waals surface area (Å²) in [6.07, 6.45) is 1.19. The van der Waals surface area contributed by atoms with Gasteiger partial charge in [0, 0.05) is 0 Å². The molecule has 0 amide bonds. The number of aromatic nitrogens is 5. The fourth-order valence-corrected chi connectivity index (χ4v) is 1.08. The van der Waals surface area contributed by atoms with Crippen molar-refractivity contribution in [3.8, 4) is 0 Å². The van der Waals surface area contributed by atoms with Gasteiger partial charge in [-0.3, -0.25) is 9.67 Å². The van der Waals surface area contributed by atoms with Crippen LogP contribution in [0, 0.1) is 4.77 Å². The summed E-state index contributed by atoms with van der Waals surface area (Å²) in [5.74, 6) is 0.404. The molecule has 2 N–H and O–H groups in total. The van der Waals surface area contributed by atoms with Gasteiger partial charge in [-0.15, -0.1) is 0 Å². The first-order valence-electron chi connectivity index (χ1n) is 3.40. The molecule has 0 unspecified atom stereocenters. The zero-order chi connectivity index (χ0) is 9.26. The van der Waals surface area contributed by atoms with E-state index in [1.165, 1.54) is 11.0 Å². The SMILES string of the molecule is O=c1[nH][nH]c(=S)n1Cc1ncon1. The summed E-state index contributed by atoms with van der Waals surface area (Å²) >= 11 is 4.84. The molecule has 0 saturated heterocycles. The monoisotopic (exact) mass is 199 g/mol. The van der Waals surface area contributed by atoms with Crippen LogP contribution in [0.1, 0.15) is 5.82 Å². The number of hydrogen-bond donors (Lipinski definition) is 2. The van der Waals surface area contributed by atoms with E-state index in [1.54, 1.807) is 0 Å². The smallest absolute Gasteiger partial charge is 0.342 e. The minimum absolute atomic E-state index is 0.203. The zero-order valence-corrected chi connectivity index (χ0v) is 7.17. The Labute approximate surface area is 76.4 Å². The van der Waals surface area contributed by atoms with Crippen LogP contribution in [0.15, 0.2) is 15.7 Å². The second-order valence-corrected chi connectivity index (χ2v) is 2.68. The number of aromatic amines is 2. The molecule has 0 fully saturated rings. The molecule has 0 aliphatic heterocycles. The number of rotatable bonds is 2. The predicted molar refractivity (Wildman–Crippen MR) is 43.6 cm³/mol. The normalized spacial score (nSPS) is 10.5. The molecule has 0 saturated carbocycles. The highest BCUT2D eigenvalue weighted by Crippen LogP contribution is 1.91. The Morgan fingerprint density at radius 3 is 3.00 bits per heavy atom. The molecule has 7 nitrogen and oxygen atoms in total. The van der Waals surface area contributed by atoms with Gasteiger partial charge in [-0.1, -0.05) is 5.16 Å². The van der Waals surface area contributed by atoms with Crippen molar-refractivity contribution < 1.29 is 4.52 Å². The Morgan fingerprint density at radius 2 is 2.46 bits per heavy atom. The maximum absolute atomic E-state index is 11.1. The van der Waals surface area contributed by atoms with Gasteiger partial charge in [-0.25, -0.2) is 9.89 Å². The standard InChI is InChI=1S/C5H5N5O2S/c11-4-7-8-5(13)10(4)1-3-6-2-12-9-3/h2H,1H2,(H,7,11)(H,8,13). The molecule has 0 radical (unpaired) electrons. The van der Waals surface area contributed by atoms with Crippen molar-refractivity contribution in [2.24, 2.45) is 0 Å². The lowest BCUT2D eigenvalue weighted by Crippen LogP contribution is -2.18. The Kier molecular flexibility index (Phi) is 1.81. The van der Waals surface area contributed by atoms with E-state index in [0.29, 0.717) is 10.6 Å². The Balaban J connectivity index is 2.38. The molecule has 0 spiro atoms. The molecule has 2 aromatic rings. The van der Waals surface area contributed by atoms with E-state index in [4.69, 9.17) is 12.2 Å². The molecular formula is C5H5N5O2S. The molecule has 0 bridgehead atoms. The fourth-order valence-electron chi connectivity index (χ4n) is 0.881. The summed E-state index contributed by atoms with van der Waals surface area (Å²) in [6.45, 7) is 0.203. The lowest BCUT2D eigenvalue weighted by atomic mass is 10.6. The largest absolute Gasteiger partial charge is 0.343 e. The van der Waals surface area contributed by atoms with Crippen molar-refractivity contribution in [3.05, 3.63) is 27.5 Å². The van der Waals surface area contributed by atoms with Crippen LogP contribution in [0.2, 0.25) is 0 Å². The molecule has 68 valence electrons. The molecule has 0 aromatic carbocycles. The molecule has 0 aliphatic rings. The second-order valence-electron chi connectivity index (χ2n) is 2.29. The van der Waals surface area contributed by atoms with Crippen molar-refractivity contribution in [3.63, 3.8) is 0 Å². The van der Waals surface area contributed by atoms with Crippen molar-refractivity contribution >= 4 is 12.2 Å².